The third-order valence-corrected chi connectivity index (χ3v) is 4.08. The third-order valence-electron chi connectivity index (χ3n) is 3.16. The Labute approximate surface area is 102 Å². The van der Waals surface area contributed by atoms with Crippen molar-refractivity contribution in [1.82, 2.24) is 15.2 Å². The first-order chi connectivity index (χ1) is 7.79. The van der Waals surface area contributed by atoms with Gasteiger partial charge in [-0.25, -0.2) is 4.98 Å². The molecule has 1 fully saturated rings. The SMILES string of the molecule is CCCc1csc(CC2CNCCN2C)n1. The van der Waals surface area contributed by atoms with Crippen molar-refractivity contribution in [3.63, 3.8) is 0 Å². The highest BCUT2D eigenvalue weighted by atomic mass is 32.1. The van der Waals surface area contributed by atoms with Crippen LogP contribution in [-0.2, 0) is 12.8 Å². The standard InChI is InChI=1S/C12H21N3S/c1-3-4-10-9-16-12(14-10)7-11-8-13-5-6-15(11)2/h9,11,13H,3-8H2,1-2H3. The van der Waals surface area contributed by atoms with E-state index < -0.39 is 0 Å². The molecule has 0 saturated carbocycles. The van der Waals surface area contributed by atoms with Crippen LogP contribution >= 0.6 is 11.3 Å². The fraction of sp³-hybridized carbons (Fsp3) is 0.750. The molecule has 1 aliphatic rings. The second-order valence-corrected chi connectivity index (χ2v) is 5.47. The van der Waals surface area contributed by atoms with Crippen LogP contribution in [0.3, 0.4) is 0 Å². The number of nitrogens with one attached hydrogen (secondary N) is 1. The van der Waals surface area contributed by atoms with E-state index in [1.807, 2.05) is 11.3 Å². The van der Waals surface area contributed by atoms with Gasteiger partial charge in [-0.3, -0.25) is 0 Å². The van der Waals surface area contributed by atoms with Gasteiger partial charge in [0.15, 0.2) is 0 Å². The minimum atomic E-state index is 0.620. The molecule has 0 radical (unpaired) electrons. The minimum absolute atomic E-state index is 0.620. The zero-order valence-corrected chi connectivity index (χ0v) is 11.0. The van der Waals surface area contributed by atoms with E-state index in [0.717, 1.165) is 32.5 Å². The number of likely N-dealkylation sites (N-methyl/N-ethyl adjacent to an activating group) is 1. The van der Waals surface area contributed by atoms with E-state index in [1.54, 1.807) is 0 Å². The second-order valence-electron chi connectivity index (χ2n) is 4.53. The maximum atomic E-state index is 4.69. The molecule has 0 aliphatic carbocycles. The maximum absolute atomic E-state index is 4.69. The zero-order valence-electron chi connectivity index (χ0n) is 10.2. The smallest absolute Gasteiger partial charge is 0.0944 e. The molecule has 1 atom stereocenters. The third kappa shape index (κ3) is 3.03. The van der Waals surface area contributed by atoms with Crippen LogP contribution in [0.4, 0.5) is 0 Å². The Morgan fingerprint density at radius 1 is 1.62 bits per heavy atom. The molecule has 1 unspecified atom stereocenters. The van der Waals surface area contributed by atoms with Crippen LogP contribution in [0, 0.1) is 0 Å². The summed E-state index contributed by atoms with van der Waals surface area (Å²) >= 11 is 1.82. The second kappa shape index (κ2) is 5.75. The lowest BCUT2D eigenvalue weighted by atomic mass is 10.1. The number of hydrogen-bond donors (Lipinski definition) is 1. The zero-order chi connectivity index (χ0) is 11.4. The summed E-state index contributed by atoms with van der Waals surface area (Å²) in [5.41, 5.74) is 1.27. The van der Waals surface area contributed by atoms with Gasteiger partial charge in [-0.15, -0.1) is 11.3 Å². The van der Waals surface area contributed by atoms with Crippen molar-refractivity contribution in [3.8, 4) is 0 Å². The van der Waals surface area contributed by atoms with Gasteiger partial charge in [-0.05, 0) is 13.5 Å². The van der Waals surface area contributed by atoms with Crippen molar-refractivity contribution in [2.24, 2.45) is 0 Å². The molecule has 2 heterocycles. The molecule has 1 aliphatic heterocycles. The van der Waals surface area contributed by atoms with Crippen LogP contribution in [-0.4, -0.2) is 42.6 Å². The van der Waals surface area contributed by atoms with Gasteiger partial charge in [-0.2, -0.15) is 0 Å². The van der Waals surface area contributed by atoms with Gasteiger partial charge in [-0.1, -0.05) is 13.3 Å². The summed E-state index contributed by atoms with van der Waals surface area (Å²) in [7, 11) is 2.21. The predicted octanol–water partition coefficient (Wildman–Crippen LogP) is 1.54. The van der Waals surface area contributed by atoms with Gasteiger partial charge in [0.2, 0.25) is 0 Å². The maximum Gasteiger partial charge on any atom is 0.0944 e. The molecule has 1 aromatic rings. The van der Waals surface area contributed by atoms with Crippen LogP contribution < -0.4 is 5.32 Å². The number of aryl methyl sites for hydroxylation is 1. The van der Waals surface area contributed by atoms with E-state index in [2.05, 4.69) is 29.6 Å². The van der Waals surface area contributed by atoms with Crippen molar-refractivity contribution in [1.29, 1.82) is 0 Å². The number of thiazole rings is 1. The Morgan fingerprint density at radius 3 is 3.25 bits per heavy atom. The van der Waals surface area contributed by atoms with Crippen molar-refractivity contribution in [2.45, 2.75) is 32.2 Å². The molecular weight excluding hydrogens is 218 g/mol. The number of hydrogen-bond acceptors (Lipinski definition) is 4. The first-order valence-electron chi connectivity index (χ1n) is 6.14. The summed E-state index contributed by atoms with van der Waals surface area (Å²) in [4.78, 5) is 7.13. The van der Waals surface area contributed by atoms with Crippen molar-refractivity contribution >= 4 is 11.3 Å². The molecule has 4 heteroatoms. The van der Waals surface area contributed by atoms with Gasteiger partial charge in [0, 0.05) is 37.5 Å². The summed E-state index contributed by atoms with van der Waals surface area (Å²) in [6, 6.07) is 0.620. The van der Waals surface area contributed by atoms with Gasteiger partial charge in [0.25, 0.3) is 0 Å². The van der Waals surface area contributed by atoms with E-state index >= 15 is 0 Å². The number of rotatable bonds is 4. The fourth-order valence-corrected chi connectivity index (χ4v) is 3.01. The van der Waals surface area contributed by atoms with E-state index in [1.165, 1.54) is 17.1 Å². The molecule has 1 aromatic heterocycles. The summed E-state index contributed by atoms with van der Waals surface area (Å²) in [6.45, 7) is 5.57. The topological polar surface area (TPSA) is 28.2 Å². The molecule has 1 saturated heterocycles. The van der Waals surface area contributed by atoms with Gasteiger partial charge >= 0.3 is 0 Å². The summed E-state index contributed by atoms with van der Waals surface area (Å²) in [5, 5.41) is 6.97. The van der Waals surface area contributed by atoms with Crippen LogP contribution in [0.5, 0.6) is 0 Å². The Balaban J connectivity index is 1.91. The summed E-state index contributed by atoms with van der Waals surface area (Å²) in [5.74, 6) is 0. The van der Waals surface area contributed by atoms with E-state index in [9.17, 15) is 0 Å². The Kier molecular flexibility index (Phi) is 4.32. The largest absolute Gasteiger partial charge is 0.314 e. The Hall–Kier alpha value is -0.450. The minimum Gasteiger partial charge on any atom is -0.314 e. The monoisotopic (exact) mass is 239 g/mol. The first-order valence-corrected chi connectivity index (χ1v) is 7.01. The molecule has 16 heavy (non-hydrogen) atoms. The highest BCUT2D eigenvalue weighted by Crippen LogP contribution is 2.15. The first kappa shape index (κ1) is 12.0. The number of piperazine rings is 1. The normalized spacial score (nSPS) is 22.5. The van der Waals surface area contributed by atoms with Gasteiger partial charge < -0.3 is 10.2 Å². The van der Waals surface area contributed by atoms with Crippen LogP contribution in [0.15, 0.2) is 5.38 Å². The molecule has 0 aromatic carbocycles. The Morgan fingerprint density at radius 2 is 2.50 bits per heavy atom. The van der Waals surface area contributed by atoms with Crippen LogP contribution in [0.1, 0.15) is 24.0 Å². The molecule has 0 spiro atoms. The van der Waals surface area contributed by atoms with Crippen molar-refractivity contribution in [2.75, 3.05) is 26.7 Å². The van der Waals surface area contributed by atoms with Gasteiger partial charge in [0.05, 0.1) is 10.7 Å². The molecule has 0 bridgehead atoms. The van der Waals surface area contributed by atoms with Crippen molar-refractivity contribution < 1.29 is 0 Å². The molecule has 0 amide bonds. The molecular formula is C12H21N3S. The lowest BCUT2D eigenvalue weighted by Crippen LogP contribution is -2.50. The highest BCUT2D eigenvalue weighted by molar-refractivity contribution is 7.09. The molecule has 90 valence electrons. The summed E-state index contributed by atoms with van der Waals surface area (Å²) in [6.07, 6.45) is 3.40. The van der Waals surface area contributed by atoms with Crippen LogP contribution in [0.25, 0.3) is 0 Å². The van der Waals surface area contributed by atoms with Gasteiger partial charge in [0.1, 0.15) is 0 Å². The van der Waals surface area contributed by atoms with E-state index in [-0.39, 0.29) is 0 Å². The quantitative estimate of drug-likeness (QED) is 0.864. The molecule has 1 N–H and O–H groups in total. The average molecular weight is 239 g/mol. The fourth-order valence-electron chi connectivity index (χ4n) is 2.11. The van der Waals surface area contributed by atoms with Crippen molar-refractivity contribution in [3.05, 3.63) is 16.1 Å². The molecule has 3 nitrogen and oxygen atoms in total. The lowest BCUT2D eigenvalue weighted by Gasteiger charge is -2.32. The number of aromatic nitrogens is 1. The van der Waals surface area contributed by atoms with E-state index in [4.69, 9.17) is 4.98 Å². The van der Waals surface area contributed by atoms with Crippen LogP contribution in [0.2, 0.25) is 0 Å². The van der Waals surface area contributed by atoms with E-state index in [0.29, 0.717) is 6.04 Å². The highest BCUT2D eigenvalue weighted by Gasteiger charge is 2.19. The molecule has 2 rings (SSSR count). The lowest BCUT2D eigenvalue weighted by molar-refractivity contribution is 0.199. The number of nitrogens with zero attached hydrogens (tertiary/aromatic N) is 2. The average Bonchev–Trinajstić information content (AvgIpc) is 2.70. The predicted molar refractivity (Wildman–Crippen MR) is 69.1 cm³/mol. The summed E-state index contributed by atoms with van der Waals surface area (Å²) < 4.78 is 0. The Bertz CT molecular complexity index is 324.